The van der Waals surface area contributed by atoms with Gasteiger partial charge in [-0.15, -0.1) is 0 Å². The average Bonchev–Trinajstić information content (AvgIpc) is 2.84. The summed E-state index contributed by atoms with van der Waals surface area (Å²) >= 11 is 0. The SMILES string of the molecule is CCOC(=O)CCC(N)Cc1ccc2cc[nH]c2c1. The van der Waals surface area contributed by atoms with Gasteiger partial charge in [0.1, 0.15) is 0 Å². The molecule has 0 aliphatic carbocycles. The minimum atomic E-state index is -0.169. The van der Waals surface area contributed by atoms with Gasteiger partial charge in [-0.05, 0) is 42.8 Å². The molecule has 0 aliphatic rings. The van der Waals surface area contributed by atoms with Crippen LogP contribution in [-0.4, -0.2) is 23.6 Å². The van der Waals surface area contributed by atoms with Crippen LogP contribution in [0.25, 0.3) is 10.9 Å². The van der Waals surface area contributed by atoms with E-state index in [2.05, 4.69) is 23.2 Å². The highest BCUT2D eigenvalue weighted by Gasteiger charge is 2.09. The highest BCUT2D eigenvalue weighted by atomic mass is 16.5. The second kappa shape index (κ2) is 6.38. The highest BCUT2D eigenvalue weighted by molar-refractivity contribution is 5.79. The first-order valence-electron chi connectivity index (χ1n) is 6.66. The molecule has 19 heavy (non-hydrogen) atoms. The Balaban J connectivity index is 1.87. The van der Waals surface area contributed by atoms with Crippen molar-refractivity contribution in [1.82, 2.24) is 4.98 Å². The second-order valence-electron chi connectivity index (χ2n) is 4.71. The van der Waals surface area contributed by atoms with Crippen molar-refractivity contribution >= 4 is 16.9 Å². The number of aromatic nitrogens is 1. The van der Waals surface area contributed by atoms with E-state index in [9.17, 15) is 4.79 Å². The summed E-state index contributed by atoms with van der Waals surface area (Å²) in [6.45, 7) is 2.24. The minimum Gasteiger partial charge on any atom is -0.466 e. The predicted molar refractivity (Wildman–Crippen MR) is 75.8 cm³/mol. The Morgan fingerprint density at radius 3 is 3.05 bits per heavy atom. The zero-order chi connectivity index (χ0) is 13.7. The minimum absolute atomic E-state index is 0.0168. The lowest BCUT2D eigenvalue weighted by Gasteiger charge is -2.11. The third kappa shape index (κ3) is 3.83. The monoisotopic (exact) mass is 260 g/mol. The summed E-state index contributed by atoms with van der Waals surface area (Å²) in [7, 11) is 0. The summed E-state index contributed by atoms with van der Waals surface area (Å²) in [5.41, 5.74) is 8.36. The number of nitrogens with one attached hydrogen (secondary N) is 1. The van der Waals surface area contributed by atoms with Crippen LogP contribution in [0.5, 0.6) is 0 Å². The number of nitrogens with two attached hydrogens (primary N) is 1. The van der Waals surface area contributed by atoms with Crippen molar-refractivity contribution in [3.63, 3.8) is 0 Å². The molecule has 1 aromatic heterocycles. The predicted octanol–water partition coefficient (Wildman–Crippen LogP) is 2.38. The maximum absolute atomic E-state index is 11.3. The first kappa shape index (κ1) is 13.6. The number of carbonyl (C=O) groups is 1. The van der Waals surface area contributed by atoms with Crippen LogP contribution in [0, 0.1) is 0 Å². The molecule has 0 fully saturated rings. The Bertz CT molecular complexity index is 548. The summed E-state index contributed by atoms with van der Waals surface area (Å²) in [6, 6.07) is 8.30. The van der Waals surface area contributed by atoms with Gasteiger partial charge < -0.3 is 15.5 Å². The number of benzene rings is 1. The van der Waals surface area contributed by atoms with Gasteiger partial charge in [0.25, 0.3) is 0 Å². The first-order chi connectivity index (χ1) is 9.19. The third-order valence-electron chi connectivity index (χ3n) is 3.14. The molecule has 3 N–H and O–H groups in total. The normalized spacial score (nSPS) is 12.5. The van der Waals surface area contributed by atoms with Crippen LogP contribution in [0.4, 0.5) is 0 Å². The summed E-state index contributed by atoms with van der Waals surface area (Å²) in [5.74, 6) is -0.169. The Labute approximate surface area is 112 Å². The Hall–Kier alpha value is -1.81. The maximum Gasteiger partial charge on any atom is 0.305 e. The fraction of sp³-hybridized carbons (Fsp3) is 0.400. The van der Waals surface area contributed by atoms with Gasteiger partial charge >= 0.3 is 5.97 Å². The number of H-pyrrole nitrogens is 1. The number of hydrogen-bond donors (Lipinski definition) is 2. The summed E-state index contributed by atoms with van der Waals surface area (Å²) < 4.78 is 4.89. The first-order valence-corrected chi connectivity index (χ1v) is 6.66. The van der Waals surface area contributed by atoms with E-state index in [1.54, 1.807) is 0 Å². The average molecular weight is 260 g/mol. The summed E-state index contributed by atoms with van der Waals surface area (Å²) in [4.78, 5) is 14.4. The Morgan fingerprint density at radius 2 is 2.26 bits per heavy atom. The molecule has 0 radical (unpaired) electrons. The van der Waals surface area contributed by atoms with Crippen LogP contribution in [0.3, 0.4) is 0 Å². The van der Waals surface area contributed by atoms with E-state index < -0.39 is 0 Å². The van der Waals surface area contributed by atoms with E-state index in [0.29, 0.717) is 19.4 Å². The molecule has 2 aromatic rings. The summed E-state index contributed by atoms with van der Waals surface area (Å²) in [6.07, 6.45) is 3.74. The molecule has 1 aromatic carbocycles. The van der Waals surface area contributed by atoms with E-state index in [1.807, 2.05) is 19.2 Å². The number of hydrogen-bond acceptors (Lipinski definition) is 3. The molecule has 1 unspecified atom stereocenters. The van der Waals surface area contributed by atoms with E-state index in [1.165, 1.54) is 10.9 Å². The van der Waals surface area contributed by atoms with Gasteiger partial charge in [0, 0.05) is 24.2 Å². The van der Waals surface area contributed by atoms with Crippen LogP contribution >= 0.6 is 0 Å². The molecular weight excluding hydrogens is 240 g/mol. The molecule has 0 bridgehead atoms. The molecule has 1 heterocycles. The van der Waals surface area contributed by atoms with Crippen LogP contribution in [0.1, 0.15) is 25.3 Å². The molecule has 2 rings (SSSR count). The van der Waals surface area contributed by atoms with Crippen LogP contribution in [-0.2, 0) is 16.0 Å². The number of esters is 1. The molecule has 0 saturated heterocycles. The van der Waals surface area contributed by atoms with Crippen molar-refractivity contribution in [2.45, 2.75) is 32.2 Å². The van der Waals surface area contributed by atoms with Crippen molar-refractivity contribution in [1.29, 1.82) is 0 Å². The number of carbonyl (C=O) groups excluding carboxylic acids is 1. The van der Waals surface area contributed by atoms with Crippen molar-refractivity contribution in [2.24, 2.45) is 5.73 Å². The van der Waals surface area contributed by atoms with Crippen molar-refractivity contribution in [3.05, 3.63) is 36.0 Å². The fourth-order valence-electron chi connectivity index (χ4n) is 2.16. The molecule has 4 heteroatoms. The van der Waals surface area contributed by atoms with Crippen LogP contribution < -0.4 is 5.73 Å². The van der Waals surface area contributed by atoms with E-state index >= 15 is 0 Å². The molecular formula is C15H20N2O2. The van der Waals surface area contributed by atoms with Crippen LogP contribution in [0.15, 0.2) is 30.5 Å². The van der Waals surface area contributed by atoms with E-state index in [-0.39, 0.29) is 12.0 Å². The Kier molecular flexibility index (Phi) is 4.58. The number of rotatable bonds is 6. The highest BCUT2D eigenvalue weighted by Crippen LogP contribution is 2.15. The molecule has 4 nitrogen and oxygen atoms in total. The van der Waals surface area contributed by atoms with Gasteiger partial charge in [0.2, 0.25) is 0 Å². The smallest absolute Gasteiger partial charge is 0.305 e. The van der Waals surface area contributed by atoms with Crippen molar-refractivity contribution in [3.8, 4) is 0 Å². The fourth-order valence-corrected chi connectivity index (χ4v) is 2.16. The van der Waals surface area contributed by atoms with Gasteiger partial charge in [0.15, 0.2) is 0 Å². The topological polar surface area (TPSA) is 68.1 Å². The van der Waals surface area contributed by atoms with Crippen molar-refractivity contribution in [2.75, 3.05) is 6.61 Å². The van der Waals surface area contributed by atoms with Gasteiger partial charge in [-0.1, -0.05) is 12.1 Å². The molecule has 1 atom stereocenters. The third-order valence-corrected chi connectivity index (χ3v) is 3.14. The maximum atomic E-state index is 11.3. The largest absolute Gasteiger partial charge is 0.466 e. The van der Waals surface area contributed by atoms with Crippen molar-refractivity contribution < 1.29 is 9.53 Å². The number of fused-ring (bicyclic) bond motifs is 1. The van der Waals surface area contributed by atoms with Gasteiger partial charge in [-0.25, -0.2) is 0 Å². The Morgan fingerprint density at radius 1 is 1.42 bits per heavy atom. The zero-order valence-corrected chi connectivity index (χ0v) is 11.2. The van der Waals surface area contributed by atoms with Gasteiger partial charge in [0.05, 0.1) is 6.61 Å². The van der Waals surface area contributed by atoms with Gasteiger partial charge in [-0.3, -0.25) is 4.79 Å². The molecule has 0 saturated carbocycles. The number of ether oxygens (including phenoxy) is 1. The summed E-state index contributed by atoms with van der Waals surface area (Å²) in [5, 5.41) is 1.20. The molecule has 0 amide bonds. The molecule has 0 aliphatic heterocycles. The quantitative estimate of drug-likeness (QED) is 0.783. The zero-order valence-electron chi connectivity index (χ0n) is 11.2. The molecule has 102 valence electrons. The lowest BCUT2D eigenvalue weighted by atomic mass is 10.0. The van der Waals surface area contributed by atoms with E-state index in [4.69, 9.17) is 10.5 Å². The number of aromatic amines is 1. The second-order valence-corrected chi connectivity index (χ2v) is 4.71. The molecule has 0 spiro atoms. The lowest BCUT2D eigenvalue weighted by molar-refractivity contribution is -0.143. The van der Waals surface area contributed by atoms with Crippen LogP contribution in [0.2, 0.25) is 0 Å². The van der Waals surface area contributed by atoms with E-state index in [0.717, 1.165) is 11.9 Å². The standard InChI is InChI=1S/C15H20N2O2/c1-2-19-15(18)6-5-13(16)9-11-3-4-12-7-8-17-14(12)10-11/h3-4,7-8,10,13,17H,2,5-6,9,16H2,1H3. The lowest BCUT2D eigenvalue weighted by Crippen LogP contribution is -2.24. The van der Waals surface area contributed by atoms with Gasteiger partial charge in [-0.2, -0.15) is 0 Å².